The number of aliphatic hydroxyl groups excluding tert-OH is 1. The van der Waals surface area contributed by atoms with Gasteiger partial charge in [-0.15, -0.1) is 0 Å². The van der Waals surface area contributed by atoms with Crippen molar-refractivity contribution in [2.24, 2.45) is 7.05 Å². The highest BCUT2D eigenvalue weighted by Gasteiger charge is 2.16. The van der Waals surface area contributed by atoms with Crippen LogP contribution in [0.5, 0.6) is 5.75 Å². The maximum atomic E-state index is 12.0. The third-order valence-corrected chi connectivity index (χ3v) is 4.59. The van der Waals surface area contributed by atoms with Crippen molar-refractivity contribution in [2.75, 3.05) is 13.7 Å². The summed E-state index contributed by atoms with van der Waals surface area (Å²) in [6.45, 7) is 0.114. The zero-order valence-corrected chi connectivity index (χ0v) is 15.8. The minimum absolute atomic E-state index is 0.0563. The summed E-state index contributed by atoms with van der Waals surface area (Å²) in [6.07, 6.45) is 1.03. The summed E-state index contributed by atoms with van der Waals surface area (Å²) in [7, 11) is 3.49. The number of hydrogen-bond donors (Lipinski definition) is 3. The zero-order valence-electron chi connectivity index (χ0n) is 15.8. The summed E-state index contributed by atoms with van der Waals surface area (Å²) in [4.78, 5) is 24.0. The standard InChI is InChI=1S/C21H23N3O4/c1-24-10-9-14-11-15(7-8-17(14)24)18(25)13-23-21(27)20(26)22-12-16-5-3-4-6-19(16)28-2/h3-11,18,25H,12-13H2,1-2H3,(H,22,26)(H,23,27)/t18-/m0/s1. The number of aromatic nitrogens is 1. The number of amides is 2. The Morgan fingerprint density at radius 1 is 1.11 bits per heavy atom. The maximum absolute atomic E-state index is 12.0. The van der Waals surface area contributed by atoms with E-state index in [4.69, 9.17) is 4.74 Å². The van der Waals surface area contributed by atoms with Gasteiger partial charge in [-0.3, -0.25) is 9.59 Å². The summed E-state index contributed by atoms with van der Waals surface area (Å²) >= 11 is 0. The number of aryl methyl sites for hydroxylation is 1. The molecule has 0 radical (unpaired) electrons. The molecule has 0 bridgehead atoms. The number of benzene rings is 2. The molecule has 7 heteroatoms. The van der Waals surface area contributed by atoms with E-state index in [0.29, 0.717) is 11.3 Å². The first-order chi connectivity index (χ1) is 13.5. The highest BCUT2D eigenvalue weighted by molar-refractivity contribution is 6.35. The van der Waals surface area contributed by atoms with Gasteiger partial charge in [0, 0.05) is 37.4 Å². The lowest BCUT2D eigenvalue weighted by Gasteiger charge is -2.13. The summed E-state index contributed by atoms with van der Waals surface area (Å²) < 4.78 is 7.20. The van der Waals surface area contributed by atoms with Gasteiger partial charge < -0.3 is 25.0 Å². The van der Waals surface area contributed by atoms with Gasteiger partial charge in [-0.1, -0.05) is 24.3 Å². The number of rotatable bonds is 6. The molecule has 0 unspecified atom stereocenters. The van der Waals surface area contributed by atoms with Gasteiger partial charge in [-0.2, -0.15) is 0 Å². The molecule has 0 spiro atoms. The van der Waals surface area contributed by atoms with Crippen molar-refractivity contribution in [1.29, 1.82) is 0 Å². The molecule has 0 aliphatic carbocycles. The van der Waals surface area contributed by atoms with Gasteiger partial charge in [-0.05, 0) is 35.2 Å². The van der Waals surface area contributed by atoms with Gasteiger partial charge in [-0.25, -0.2) is 0 Å². The fraction of sp³-hybridized carbons (Fsp3) is 0.238. The van der Waals surface area contributed by atoms with Gasteiger partial charge in [0.25, 0.3) is 0 Å². The summed E-state index contributed by atoms with van der Waals surface area (Å²) in [5.41, 5.74) is 2.49. The molecule has 3 rings (SSSR count). The van der Waals surface area contributed by atoms with Crippen LogP contribution >= 0.6 is 0 Å². The van der Waals surface area contributed by atoms with Crippen LogP contribution < -0.4 is 15.4 Å². The van der Waals surface area contributed by atoms with Crippen molar-refractivity contribution >= 4 is 22.7 Å². The molecule has 0 fully saturated rings. The topological polar surface area (TPSA) is 92.6 Å². The van der Waals surface area contributed by atoms with Crippen LogP contribution in [0.1, 0.15) is 17.2 Å². The van der Waals surface area contributed by atoms with Crippen molar-refractivity contribution in [1.82, 2.24) is 15.2 Å². The predicted octanol–water partition coefficient (Wildman–Crippen LogP) is 1.65. The zero-order chi connectivity index (χ0) is 20.1. The summed E-state index contributed by atoms with van der Waals surface area (Å²) in [5, 5.41) is 16.3. The third kappa shape index (κ3) is 4.32. The number of nitrogens with zero attached hydrogens (tertiary/aromatic N) is 1. The van der Waals surface area contributed by atoms with Gasteiger partial charge in [0.1, 0.15) is 5.75 Å². The Balaban J connectivity index is 1.52. The highest BCUT2D eigenvalue weighted by atomic mass is 16.5. The van der Waals surface area contributed by atoms with Crippen molar-refractivity contribution in [2.45, 2.75) is 12.6 Å². The Hall–Kier alpha value is -3.32. The van der Waals surface area contributed by atoms with E-state index >= 15 is 0 Å². The van der Waals surface area contributed by atoms with E-state index in [2.05, 4.69) is 10.6 Å². The lowest BCUT2D eigenvalue weighted by molar-refractivity contribution is -0.139. The largest absolute Gasteiger partial charge is 0.496 e. The molecule has 1 atom stereocenters. The van der Waals surface area contributed by atoms with Gasteiger partial charge >= 0.3 is 11.8 Å². The van der Waals surface area contributed by atoms with Crippen LogP contribution in [0.3, 0.4) is 0 Å². The minimum Gasteiger partial charge on any atom is -0.496 e. The molecule has 2 amide bonds. The monoisotopic (exact) mass is 381 g/mol. The number of carbonyl (C=O) groups excluding carboxylic acids is 2. The Kier molecular flexibility index (Phi) is 5.96. The van der Waals surface area contributed by atoms with Crippen LogP contribution in [0.25, 0.3) is 10.9 Å². The fourth-order valence-corrected chi connectivity index (χ4v) is 3.00. The molecule has 0 aliphatic heterocycles. The first-order valence-electron chi connectivity index (χ1n) is 8.90. The third-order valence-electron chi connectivity index (χ3n) is 4.59. The van der Waals surface area contributed by atoms with Crippen LogP contribution in [-0.4, -0.2) is 35.1 Å². The van der Waals surface area contributed by atoms with E-state index in [0.717, 1.165) is 16.5 Å². The minimum atomic E-state index is -0.907. The van der Waals surface area contributed by atoms with E-state index in [-0.39, 0.29) is 13.1 Å². The van der Waals surface area contributed by atoms with Crippen molar-refractivity contribution in [3.8, 4) is 5.75 Å². The molecule has 3 aromatic rings. The summed E-state index contributed by atoms with van der Waals surface area (Å²) in [5.74, 6) is -0.929. The smallest absolute Gasteiger partial charge is 0.309 e. The normalized spacial score (nSPS) is 11.8. The number of methoxy groups -OCH3 is 1. The number of hydrogen-bond acceptors (Lipinski definition) is 4. The molecule has 1 aromatic heterocycles. The van der Waals surface area contributed by atoms with Crippen LogP contribution in [-0.2, 0) is 23.2 Å². The number of ether oxygens (including phenoxy) is 1. The molecule has 1 heterocycles. The lowest BCUT2D eigenvalue weighted by atomic mass is 10.1. The average molecular weight is 381 g/mol. The predicted molar refractivity (Wildman–Crippen MR) is 106 cm³/mol. The average Bonchev–Trinajstić information content (AvgIpc) is 3.10. The van der Waals surface area contributed by atoms with E-state index in [1.807, 2.05) is 48.1 Å². The first kappa shape index (κ1) is 19.4. The van der Waals surface area contributed by atoms with Gasteiger partial charge in [0.2, 0.25) is 0 Å². The molecular formula is C21H23N3O4. The van der Waals surface area contributed by atoms with Gasteiger partial charge in [0.15, 0.2) is 0 Å². The Bertz CT molecular complexity index is 996. The molecule has 28 heavy (non-hydrogen) atoms. The second kappa shape index (κ2) is 8.58. The molecule has 0 saturated carbocycles. The van der Waals surface area contributed by atoms with E-state index in [9.17, 15) is 14.7 Å². The Morgan fingerprint density at radius 3 is 2.64 bits per heavy atom. The first-order valence-corrected chi connectivity index (χ1v) is 8.90. The second-order valence-electron chi connectivity index (χ2n) is 6.47. The lowest BCUT2D eigenvalue weighted by Crippen LogP contribution is -2.41. The van der Waals surface area contributed by atoms with Crippen molar-refractivity contribution in [3.05, 3.63) is 65.9 Å². The highest BCUT2D eigenvalue weighted by Crippen LogP contribution is 2.21. The van der Waals surface area contributed by atoms with Crippen LogP contribution in [0.4, 0.5) is 0 Å². The Labute approximate surface area is 162 Å². The molecule has 7 nitrogen and oxygen atoms in total. The van der Waals surface area contributed by atoms with Crippen molar-refractivity contribution in [3.63, 3.8) is 0 Å². The number of carbonyl (C=O) groups is 2. The second-order valence-corrected chi connectivity index (χ2v) is 6.47. The molecule has 0 aliphatic rings. The number of aliphatic hydroxyl groups is 1. The van der Waals surface area contributed by atoms with Crippen molar-refractivity contribution < 1.29 is 19.4 Å². The number of fused-ring (bicyclic) bond motifs is 1. The van der Waals surface area contributed by atoms with Crippen LogP contribution in [0.2, 0.25) is 0 Å². The van der Waals surface area contributed by atoms with E-state index in [1.165, 1.54) is 0 Å². The maximum Gasteiger partial charge on any atom is 0.309 e. The van der Waals surface area contributed by atoms with Gasteiger partial charge in [0.05, 0.1) is 13.2 Å². The SMILES string of the molecule is COc1ccccc1CNC(=O)C(=O)NC[C@H](O)c1ccc2c(ccn2C)c1. The quantitative estimate of drug-likeness (QED) is 0.566. The number of nitrogens with one attached hydrogen (secondary N) is 2. The molecule has 3 N–H and O–H groups in total. The van der Waals surface area contributed by atoms with Crippen LogP contribution in [0.15, 0.2) is 54.7 Å². The fourth-order valence-electron chi connectivity index (χ4n) is 3.00. The van der Waals surface area contributed by atoms with Crippen LogP contribution in [0, 0.1) is 0 Å². The molecule has 2 aromatic carbocycles. The molecule has 146 valence electrons. The van der Waals surface area contributed by atoms with E-state index < -0.39 is 17.9 Å². The Morgan fingerprint density at radius 2 is 1.86 bits per heavy atom. The summed E-state index contributed by atoms with van der Waals surface area (Å²) in [6, 6.07) is 14.8. The molecule has 0 saturated heterocycles. The molecular weight excluding hydrogens is 358 g/mol. The number of para-hydroxylation sites is 1. The van der Waals surface area contributed by atoms with E-state index in [1.54, 1.807) is 25.3 Å².